The molecular weight excluding hydrogens is 366 g/mol. The van der Waals surface area contributed by atoms with E-state index in [9.17, 15) is 9.59 Å². The third-order valence-corrected chi connectivity index (χ3v) is 7.05. The van der Waals surface area contributed by atoms with Crippen LogP contribution < -0.4 is 14.4 Å². The van der Waals surface area contributed by atoms with Crippen molar-refractivity contribution in [3.63, 3.8) is 0 Å². The highest BCUT2D eigenvalue weighted by atomic mass is 16.5. The number of benzene rings is 2. The van der Waals surface area contributed by atoms with Crippen molar-refractivity contribution in [1.82, 2.24) is 0 Å². The van der Waals surface area contributed by atoms with E-state index in [1.165, 1.54) is 11.3 Å². The van der Waals surface area contributed by atoms with Crippen LogP contribution in [0, 0.1) is 35.5 Å². The van der Waals surface area contributed by atoms with E-state index in [0.717, 1.165) is 0 Å². The number of carbonyl (C=O) groups is 2. The van der Waals surface area contributed by atoms with Gasteiger partial charge in [-0.2, -0.15) is 0 Å². The van der Waals surface area contributed by atoms with E-state index < -0.39 is 0 Å². The van der Waals surface area contributed by atoms with Crippen molar-refractivity contribution >= 4 is 17.5 Å². The van der Waals surface area contributed by atoms with Crippen molar-refractivity contribution in [3.8, 4) is 17.2 Å². The van der Waals surface area contributed by atoms with E-state index in [1.54, 1.807) is 31.4 Å². The van der Waals surface area contributed by atoms with Gasteiger partial charge in [0, 0.05) is 0 Å². The molecule has 2 aromatic rings. The Morgan fingerprint density at radius 1 is 0.828 bits per heavy atom. The summed E-state index contributed by atoms with van der Waals surface area (Å²) < 4.78 is 11.2. The summed E-state index contributed by atoms with van der Waals surface area (Å²) in [7, 11) is 1.60. The predicted molar refractivity (Wildman–Crippen MR) is 107 cm³/mol. The van der Waals surface area contributed by atoms with E-state index in [2.05, 4.69) is 12.2 Å². The van der Waals surface area contributed by atoms with Crippen LogP contribution in [0.3, 0.4) is 0 Å². The third-order valence-electron chi connectivity index (χ3n) is 7.05. The number of rotatable bonds is 4. The molecule has 1 heterocycles. The monoisotopic (exact) mass is 387 g/mol. The zero-order chi connectivity index (χ0) is 19.7. The minimum Gasteiger partial charge on any atom is -0.493 e. The summed E-state index contributed by atoms with van der Waals surface area (Å²) in [6.07, 6.45) is 5.56. The van der Waals surface area contributed by atoms with Crippen molar-refractivity contribution in [3.05, 3.63) is 60.7 Å². The van der Waals surface area contributed by atoms with Crippen molar-refractivity contribution in [1.29, 1.82) is 0 Å². The van der Waals surface area contributed by atoms with Crippen LogP contribution in [0.15, 0.2) is 60.7 Å². The van der Waals surface area contributed by atoms with Gasteiger partial charge in [-0.05, 0) is 66.5 Å². The fourth-order valence-electron chi connectivity index (χ4n) is 5.70. The second-order valence-electron chi connectivity index (χ2n) is 8.41. The fraction of sp³-hybridized carbons (Fsp3) is 0.333. The van der Waals surface area contributed by atoms with E-state index in [1.807, 2.05) is 24.3 Å². The maximum absolute atomic E-state index is 13.2. The van der Waals surface area contributed by atoms with Gasteiger partial charge in [0.25, 0.3) is 0 Å². The SMILES string of the molecule is COc1ccccc1Oc1ccc(N2C(=O)[C@@H]3[C@H]4C=C[C@@H]([C@@H]5C[C@H]45)[C@H]3C2=O)cc1. The van der Waals surface area contributed by atoms with Gasteiger partial charge in [-0.25, -0.2) is 0 Å². The molecule has 1 aliphatic heterocycles. The molecule has 2 bridgehead atoms. The smallest absolute Gasteiger partial charge is 0.238 e. The highest BCUT2D eigenvalue weighted by Crippen LogP contribution is 2.65. The molecule has 5 aliphatic rings. The molecule has 4 aliphatic carbocycles. The molecule has 2 amide bonds. The number of methoxy groups -OCH3 is 1. The van der Waals surface area contributed by atoms with Gasteiger partial charge < -0.3 is 9.47 Å². The summed E-state index contributed by atoms with van der Waals surface area (Å²) in [5, 5.41) is 0. The van der Waals surface area contributed by atoms with Gasteiger partial charge >= 0.3 is 0 Å². The number of anilines is 1. The minimum absolute atomic E-state index is 0.0388. The Kier molecular flexibility index (Phi) is 3.46. The maximum Gasteiger partial charge on any atom is 0.238 e. The first kappa shape index (κ1) is 16.8. The summed E-state index contributed by atoms with van der Waals surface area (Å²) in [6, 6.07) is 14.6. The second-order valence-corrected chi connectivity index (χ2v) is 8.41. The first-order chi connectivity index (χ1) is 14.2. The average molecular weight is 387 g/mol. The van der Waals surface area contributed by atoms with E-state index in [-0.39, 0.29) is 35.5 Å². The lowest BCUT2D eigenvalue weighted by Gasteiger charge is -2.37. The van der Waals surface area contributed by atoms with Gasteiger partial charge in [0.2, 0.25) is 11.8 Å². The van der Waals surface area contributed by atoms with Crippen molar-refractivity contribution in [2.45, 2.75) is 6.42 Å². The number of imide groups is 1. The van der Waals surface area contributed by atoms with Crippen LogP contribution in [-0.4, -0.2) is 18.9 Å². The zero-order valence-electron chi connectivity index (χ0n) is 16.0. The van der Waals surface area contributed by atoms with Crippen LogP contribution in [0.25, 0.3) is 0 Å². The Hall–Kier alpha value is -3.08. The standard InChI is InChI=1S/C24H21NO4/c1-28-19-4-2-3-5-20(19)29-14-8-6-13(7-9-14)25-23(26)21-15-10-11-16(18-12-17(15)18)22(21)24(25)27/h2-11,15-18,21-22H,12H2,1H3/t15-,16-,17-,18+,21+,22+/m0/s1. The Morgan fingerprint density at radius 3 is 2.00 bits per heavy atom. The number of ether oxygens (including phenoxy) is 2. The van der Waals surface area contributed by atoms with Crippen molar-refractivity contribution < 1.29 is 19.1 Å². The average Bonchev–Trinajstić information content (AvgIpc) is 3.53. The number of carbonyl (C=O) groups excluding carboxylic acids is 2. The summed E-state index contributed by atoms with van der Waals surface area (Å²) in [5.41, 5.74) is 0.620. The molecule has 5 nitrogen and oxygen atoms in total. The maximum atomic E-state index is 13.2. The Morgan fingerprint density at radius 2 is 1.41 bits per heavy atom. The van der Waals surface area contributed by atoms with Gasteiger partial charge in [-0.1, -0.05) is 24.3 Å². The lowest BCUT2D eigenvalue weighted by atomic mass is 9.63. The van der Waals surface area contributed by atoms with Crippen molar-refractivity contribution in [2.75, 3.05) is 12.0 Å². The van der Waals surface area contributed by atoms with Gasteiger partial charge in [0.1, 0.15) is 5.75 Å². The topological polar surface area (TPSA) is 55.8 Å². The lowest BCUT2D eigenvalue weighted by molar-refractivity contribution is -0.124. The van der Waals surface area contributed by atoms with E-state index in [4.69, 9.17) is 9.47 Å². The number of amides is 2. The van der Waals surface area contributed by atoms with Crippen LogP contribution in [0.5, 0.6) is 17.2 Å². The van der Waals surface area contributed by atoms with Crippen LogP contribution in [0.2, 0.25) is 0 Å². The molecule has 1 saturated heterocycles. The summed E-state index contributed by atoms with van der Waals surface area (Å²) in [6.45, 7) is 0. The molecule has 146 valence electrons. The molecular formula is C24H21NO4. The zero-order valence-corrected chi connectivity index (χ0v) is 16.0. The van der Waals surface area contributed by atoms with Gasteiger partial charge in [-0.3, -0.25) is 14.5 Å². The van der Waals surface area contributed by atoms with Gasteiger partial charge in [-0.15, -0.1) is 0 Å². The Bertz CT molecular complexity index is 1010. The fourth-order valence-corrected chi connectivity index (χ4v) is 5.70. The Labute approximate surface area is 168 Å². The largest absolute Gasteiger partial charge is 0.493 e. The van der Waals surface area contributed by atoms with Crippen LogP contribution in [0.4, 0.5) is 5.69 Å². The Balaban J connectivity index is 1.26. The molecule has 5 heteroatoms. The number of hydrogen-bond acceptors (Lipinski definition) is 4. The molecule has 0 unspecified atom stereocenters. The molecule has 6 atom stereocenters. The van der Waals surface area contributed by atoms with Crippen LogP contribution in [0.1, 0.15) is 6.42 Å². The third kappa shape index (κ3) is 2.33. The van der Waals surface area contributed by atoms with Crippen LogP contribution >= 0.6 is 0 Å². The molecule has 0 radical (unpaired) electrons. The predicted octanol–water partition coefficient (Wildman–Crippen LogP) is 4.05. The molecule has 3 fully saturated rings. The second kappa shape index (κ2) is 5.96. The van der Waals surface area contributed by atoms with E-state index in [0.29, 0.717) is 34.8 Å². The number of para-hydroxylation sites is 2. The molecule has 7 rings (SSSR count). The molecule has 2 aromatic carbocycles. The quantitative estimate of drug-likeness (QED) is 0.587. The molecule has 29 heavy (non-hydrogen) atoms. The molecule has 2 saturated carbocycles. The lowest BCUT2D eigenvalue weighted by Crippen LogP contribution is -2.40. The van der Waals surface area contributed by atoms with E-state index >= 15 is 0 Å². The molecule has 0 aromatic heterocycles. The molecule has 0 spiro atoms. The summed E-state index contributed by atoms with van der Waals surface area (Å²) in [5.74, 6) is 3.16. The number of nitrogens with zero attached hydrogens (tertiary/aromatic N) is 1. The first-order valence-corrected chi connectivity index (χ1v) is 10.1. The first-order valence-electron chi connectivity index (χ1n) is 10.1. The number of hydrogen-bond donors (Lipinski definition) is 0. The summed E-state index contributed by atoms with van der Waals surface area (Å²) >= 11 is 0. The number of allylic oxidation sites excluding steroid dienone is 2. The van der Waals surface area contributed by atoms with Crippen LogP contribution in [-0.2, 0) is 9.59 Å². The highest BCUT2D eigenvalue weighted by molar-refractivity contribution is 6.22. The summed E-state index contributed by atoms with van der Waals surface area (Å²) in [4.78, 5) is 27.8. The van der Waals surface area contributed by atoms with Gasteiger partial charge in [0.05, 0.1) is 24.6 Å². The minimum atomic E-state index is -0.175. The van der Waals surface area contributed by atoms with Gasteiger partial charge in [0.15, 0.2) is 11.5 Å². The highest BCUT2D eigenvalue weighted by Gasteiger charge is 2.67. The molecule has 0 N–H and O–H groups in total. The normalized spacial score (nSPS) is 33.5. The van der Waals surface area contributed by atoms with Crippen molar-refractivity contribution in [2.24, 2.45) is 35.5 Å².